The molecule has 0 saturated carbocycles. The van der Waals surface area contributed by atoms with E-state index in [1.807, 2.05) is 0 Å². The van der Waals surface area contributed by atoms with Crippen molar-refractivity contribution in [1.29, 1.82) is 0 Å². The van der Waals surface area contributed by atoms with Crippen LogP contribution in [0.2, 0.25) is 0 Å². The Kier molecular flexibility index (Phi) is 2.60. The van der Waals surface area contributed by atoms with Gasteiger partial charge in [-0.2, -0.15) is 0 Å². The van der Waals surface area contributed by atoms with Crippen LogP contribution in [0.1, 0.15) is 23.1 Å². The first kappa shape index (κ1) is 9.46. The Labute approximate surface area is 92.9 Å². The molecule has 2 N–H and O–H groups in total. The summed E-state index contributed by atoms with van der Waals surface area (Å²) in [4.78, 5) is 0. The van der Waals surface area contributed by atoms with Crippen molar-refractivity contribution in [3.05, 3.63) is 32.4 Å². The average Bonchev–Trinajstić information content (AvgIpc) is 2.08. The fourth-order valence-electron chi connectivity index (χ4n) is 1.93. The smallest absolute Gasteiger partial charge is 0.0162 e. The van der Waals surface area contributed by atoms with Crippen molar-refractivity contribution >= 4 is 22.6 Å². The molecule has 1 atom stereocenters. The van der Waals surface area contributed by atoms with Gasteiger partial charge in [-0.05, 0) is 71.5 Å². The van der Waals surface area contributed by atoms with Crippen LogP contribution in [0.25, 0.3) is 0 Å². The van der Waals surface area contributed by atoms with Crippen LogP contribution in [0.3, 0.4) is 0 Å². The zero-order valence-electron chi connectivity index (χ0n) is 7.81. The summed E-state index contributed by atoms with van der Waals surface area (Å²) in [6, 6.07) is 5.00. The van der Waals surface area contributed by atoms with E-state index in [9.17, 15) is 0 Å². The summed E-state index contributed by atoms with van der Waals surface area (Å²) >= 11 is 2.40. The van der Waals surface area contributed by atoms with E-state index in [1.165, 1.54) is 20.3 Å². The van der Waals surface area contributed by atoms with Crippen LogP contribution in [-0.2, 0) is 12.8 Å². The molecular weight excluding hydrogens is 273 g/mol. The number of nitrogens with two attached hydrogens (primary N) is 1. The average molecular weight is 287 g/mol. The molecule has 0 amide bonds. The molecule has 1 nitrogen and oxygen atoms in total. The Hall–Kier alpha value is -0.0900. The van der Waals surface area contributed by atoms with E-state index in [4.69, 9.17) is 5.73 Å². The summed E-state index contributed by atoms with van der Waals surface area (Å²) in [6.07, 6.45) is 3.37. The first-order chi connectivity index (χ1) is 6.16. The van der Waals surface area contributed by atoms with Crippen molar-refractivity contribution in [2.24, 2.45) is 5.73 Å². The van der Waals surface area contributed by atoms with E-state index >= 15 is 0 Å². The maximum Gasteiger partial charge on any atom is 0.0162 e. The maximum absolute atomic E-state index is 5.94. The summed E-state index contributed by atoms with van der Waals surface area (Å²) in [5, 5.41) is 0. The largest absolute Gasteiger partial charge is 0.327 e. The van der Waals surface area contributed by atoms with E-state index < -0.39 is 0 Å². The van der Waals surface area contributed by atoms with Crippen molar-refractivity contribution in [2.45, 2.75) is 32.2 Å². The molecule has 0 unspecified atom stereocenters. The van der Waals surface area contributed by atoms with Gasteiger partial charge in [0, 0.05) is 9.61 Å². The van der Waals surface area contributed by atoms with Gasteiger partial charge in [0.2, 0.25) is 0 Å². The van der Waals surface area contributed by atoms with Crippen LogP contribution in [0.4, 0.5) is 0 Å². The van der Waals surface area contributed by atoms with Crippen LogP contribution in [0.15, 0.2) is 12.1 Å². The summed E-state index contributed by atoms with van der Waals surface area (Å²) < 4.78 is 1.38. The second kappa shape index (κ2) is 3.58. The fraction of sp³-hybridized carbons (Fsp3) is 0.455. The molecule has 0 aromatic heterocycles. The lowest BCUT2D eigenvalue weighted by atomic mass is 9.88. The lowest BCUT2D eigenvalue weighted by Gasteiger charge is -2.22. The van der Waals surface area contributed by atoms with Crippen molar-refractivity contribution < 1.29 is 0 Å². The minimum absolute atomic E-state index is 0.381. The Bertz CT molecular complexity index is 333. The number of aryl methyl sites for hydroxylation is 2. The quantitative estimate of drug-likeness (QED) is 0.729. The van der Waals surface area contributed by atoms with Gasteiger partial charge in [0.1, 0.15) is 0 Å². The highest BCUT2D eigenvalue weighted by atomic mass is 127. The highest BCUT2D eigenvalue weighted by molar-refractivity contribution is 14.1. The van der Waals surface area contributed by atoms with Crippen LogP contribution in [0, 0.1) is 10.5 Å². The Morgan fingerprint density at radius 3 is 2.92 bits per heavy atom. The van der Waals surface area contributed by atoms with Gasteiger partial charge < -0.3 is 5.73 Å². The molecule has 0 bridgehead atoms. The van der Waals surface area contributed by atoms with Gasteiger partial charge in [-0.15, -0.1) is 0 Å². The molecule has 0 aliphatic heterocycles. The molecule has 0 spiro atoms. The molecular formula is C11H14IN. The Morgan fingerprint density at radius 2 is 2.15 bits per heavy atom. The van der Waals surface area contributed by atoms with Crippen molar-refractivity contribution in [1.82, 2.24) is 0 Å². The number of hydrogen-bond acceptors (Lipinski definition) is 1. The number of halogens is 1. The monoisotopic (exact) mass is 287 g/mol. The SMILES string of the molecule is Cc1cc2c(cc1I)CC[C@H](N)C2. The summed E-state index contributed by atoms with van der Waals surface area (Å²) in [6.45, 7) is 2.17. The molecule has 70 valence electrons. The van der Waals surface area contributed by atoms with E-state index in [0.29, 0.717) is 6.04 Å². The Balaban J connectivity index is 2.43. The molecule has 1 aromatic rings. The van der Waals surface area contributed by atoms with E-state index in [2.05, 4.69) is 41.6 Å². The minimum atomic E-state index is 0.381. The van der Waals surface area contributed by atoms with Gasteiger partial charge in [-0.25, -0.2) is 0 Å². The molecule has 0 radical (unpaired) electrons. The highest BCUT2D eigenvalue weighted by Gasteiger charge is 2.15. The maximum atomic E-state index is 5.94. The van der Waals surface area contributed by atoms with Crippen LogP contribution >= 0.6 is 22.6 Å². The van der Waals surface area contributed by atoms with E-state index in [-0.39, 0.29) is 0 Å². The number of fused-ring (bicyclic) bond motifs is 1. The molecule has 2 heteroatoms. The molecule has 1 aliphatic carbocycles. The zero-order chi connectivity index (χ0) is 9.42. The van der Waals surface area contributed by atoms with Gasteiger partial charge in [0.15, 0.2) is 0 Å². The standard InChI is InChI=1S/C11H14IN/c1-7-4-9-5-10(13)3-2-8(9)6-11(7)12/h4,6,10H,2-3,5,13H2,1H3/t10-/m0/s1. The molecule has 1 aromatic carbocycles. The third kappa shape index (κ3) is 1.89. The van der Waals surface area contributed by atoms with Crippen LogP contribution in [-0.4, -0.2) is 6.04 Å². The first-order valence-corrected chi connectivity index (χ1v) is 5.78. The lowest BCUT2D eigenvalue weighted by molar-refractivity contribution is 0.576. The summed E-state index contributed by atoms with van der Waals surface area (Å²) in [5.74, 6) is 0. The third-order valence-corrected chi connectivity index (χ3v) is 3.91. The first-order valence-electron chi connectivity index (χ1n) is 4.70. The fourth-order valence-corrected chi connectivity index (χ4v) is 2.46. The molecule has 0 saturated heterocycles. The van der Waals surface area contributed by atoms with Crippen LogP contribution in [0.5, 0.6) is 0 Å². The Morgan fingerprint density at radius 1 is 1.38 bits per heavy atom. The number of hydrogen-bond donors (Lipinski definition) is 1. The normalized spacial score (nSPS) is 21.3. The van der Waals surface area contributed by atoms with Crippen molar-refractivity contribution in [2.75, 3.05) is 0 Å². The van der Waals surface area contributed by atoms with Gasteiger partial charge in [-0.3, -0.25) is 0 Å². The predicted octanol–water partition coefficient (Wildman–Crippen LogP) is 2.42. The predicted molar refractivity (Wildman–Crippen MR) is 63.9 cm³/mol. The van der Waals surface area contributed by atoms with Gasteiger partial charge in [0.05, 0.1) is 0 Å². The number of rotatable bonds is 0. The van der Waals surface area contributed by atoms with Gasteiger partial charge >= 0.3 is 0 Å². The molecule has 0 heterocycles. The zero-order valence-corrected chi connectivity index (χ0v) is 9.97. The van der Waals surface area contributed by atoms with Gasteiger partial charge in [-0.1, -0.05) is 6.07 Å². The second-order valence-corrected chi connectivity index (χ2v) is 5.04. The lowest BCUT2D eigenvalue weighted by Crippen LogP contribution is -2.27. The van der Waals surface area contributed by atoms with Gasteiger partial charge in [0.25, 0.3) is 0 Å². The van der Waals surface area contributed by atoms with E-state index in [0.717, 1.165) is 19.3 Å². The molecule has 0 fully saturated rings. The highest BCUT2D eigenvalue weighted by Crippen LogP contribution is 2.24. The number of benzene rings is 1. The van der Waals surface area contributed by atoms with Crippen molar-refractivity contribution in [3.63, 3.8) is 0 Å². The third-order valence-electron chi connectivity index (χ3n) is 2.75. The minimum Gasteiger partial charge on any atom is -0.327 e. The van der Waals surface area contributed by atoms with Crippen molar-refractivity contribution in [3.8, 4) is 0 Å². The summed E-state index contributed by atoms with van der Waals surface area (Å²) in [7, 11) is 0. The molecule has 13 heavy (non-hydrogen) atoms. The van der Waals surface area contributed by atoms with E-state index in [1.54, 1.807) is 0 Å². The summed E-state index contributed by atoms with van der Waals surface area (Å²) in [5.41, 5.74) is 10.3. The van der Waals surface area contributed by atoms with Crippen LogP contribution < -0.4 is 5.73 Å². The molecule has 1 aliphatic rings. The topological polar surface area (TPSA) is 26.0 Å². The molecule has 2 rings (SSSR count). The second-order valence-electron chi connectivity index (χ2n) is 3.87.